The third-order valence-corrected chi connectivity index (χ3v) is 2.65. The van der Waals surface area contributed by atoms with Crippen LogP contribution < -0.4 is 4.74 Å². The smallest absolute Gasteiger partial charge is 0.273 e. The maximum Gasteiger partial charge on any atom is 0.273 e. The fraction of sp³-hybridized carbons (Fsp3) is 0.333. The molecule has 5 heteroatoms. The first-order valence-electron chi connectivity index (χ1n) is 7.20. The summed E-state index contributed by atoms with van der Waals surface area (Å²) in [6.07, 6.45) is 4.99. The zero-order valence-electron chi connectivity index (χ0n) is 13.8. The molecular weight excluding hydrogens is 325 g/mol. The van der Waals surface area contributed by atoms with Crippen molar-refractivity contribution in [3.63, 3.8) is 0 Å². The molecule has 0 aliphatic heterocycles. The Hall–Kier alpha value is -1.68. The number of rotatable bonds is 6. The van der Waals surface area contributed by atoms with E-state index in [1.807, 2.05) is 20.8 Å². The Bertz CT molecular complexity index is 572. The first kappa shape index (κ1) is 21.3. The van der Waals surface area contributed by atoms with Gasteiger partial charge in [-0.25, -0.2) is 13.2 Å². The van der Waals surface area contributed by atoms with Crippen LogP contribution >= 0.6 is 11.6 Å². The Morgan fingerprint density at radius 1 is 1.35 bits per heavy atom. The third kappa shape index (κ3) is 7.93. The molecule has 0 spiro atoms. The van der Waals surface area contributed by atoms with Gasteiger partial charge in [-0.2, -0.15) is 0 Å². The van der Waals surface area contributed by atoms with Gasteiger partial charge in [0.05, 0.1) is 5.56 Å². The summed E-state index contributed by atoms with van der Waals surface area (Å²) in [4.78, 5) is 0. The van der Waals surface area contributed by atoms with Gasteiger partial charge >= 0.3 is 0 Å². The minimum Gasteiger partial charge on any atom is -0.486 e. The lowest BCUT2D eigenvalue weighted by atomic mass is 10.1. The van der Waals surface area contributed by atoms with Gasteiger partial charge < -0.3 is 4.74 Å². The average molecular weight is 347 g/mol. The summed E-state index contributed by atoms with van der Waals surface area (Å²) in [5, 5.41) is 0.391. The standard InChI is InChI=1S/C16H16ClF3O.C2H6/c1-11(10-12(2)17)6-5-9-21-14-8-4-7-13(15(14)18)16(3,19)20;1-2/h4-8,10H,2,9H2,1,3H3;1-2H3/b6-5-,11-10-;. The summed E-state index contributed by atoms with van der Waals surface area (Å²) >= 11 is 5.61. The van der Waals surface area contributed by atoms with Gasteiger partial charge in [0, 0.05) is 12.0 Å². The molecule has 23 heavy (non-hydrogen) atoms. The number of allylic oxidation sites excluding steroid dienone is 4. The van der Waals surface area contributed by atoms with E-state index in [9.17, 15) is 13.2 Å². The largest absolute Gasteiger partial charge is 0.486 e. The fourth-order valence-corrected chi connectivity index (χ4v) is 1.80. The third-order valence-electron chi connectivity index (χ3n) is 2.54. The predicted molar refractivity (Wildman–Crippen MR) is 90.7 cm³/mol. The summed E-state index contributed by atoms with van der Waals surface area (Å²) in [5.74, 6) is -4.50. The molecule has 128 valence electrons. The number of benzene rings is 1. The average Bonchev–Trinajstić information content (AvgIpc) is 2.45. The first-order valence-corrected chi connectivity index (χ1v) is 7.58. The van der Waals surface area contributed by atoms with Crippen molar-refractivity contribution in [1.82, 2.24) is 0 Å². The van der Waals surface area contributed by atoms with Gasteiger partial charge in [0.2, 0.25) is 0 Å². The van der Waals surface area contributed by atoms with Crippen LogP contribution in [0.2, 0.25) is 0 Å². The zero-order chi connectivity index (χ0) is 18.0. The van der Waals surface area contributed by atoms with Crippen LogP contribution in [0.15, 0.2) is 53.6 Å². The summed E-state index contributed by atoms with van der Waals surface area (Å²) in [6.45, 7) is 10.0. The van der Waals surface area contributed by atoms with E-state index in [-0.39, 0.29) is 12.4 Å². The van der Waals surface area contributed by atoms with Gasteiger partial charge in [0.15, 0.2) is 11.6 Å². The summed E-state index contributed by atoms with van der Waals surface area (Å²) < 4.78 is 45.4. The predicted octanol–water partition coefficient (Wildman–Crippen LogP) is 6.60. The second-order valence-electron chi connectivity index (χ2n) is 4.55. The highest BCUT2D eigenvalue weighted by molar-refractivity contribution is 6.30. The van der Waals surface area contributed by atoms with Crippen molar-refractivity contribution < 1.29 is 17.9 Å². The molecule has 0 atom stereocenters. The van der Waals surface area contributed by atoms with E-state index >= 15 is 0 Å². The molecule has 0 amide bonds. The summed E-state index contributed by atoms with van der Waals surface area (Å²) in [7, 11) is 0. The lowest BCUT2D eigenvalue weighted by Crippen LogP contribution is -2.11. The quantitative estimate of drug-likeness (QED) is 0.527. The monoisotopic (exact) mass is 346 g/mol. The van der Waals surface area contributed by atoms with E-state index in [0.29, 0.717) is 12.0 Å². The normalized spacial score (nSPS) is 11.9. The molecule has 1 aromatic rings. The lowest BCUT2D eigenvalue weighted by Gasteiger charge is -2.14. The highest BCUT2D eigenvalue weighted by atomic mass is 35.5. The molecule has 0 fully saturated rings. The molecule has 0 radical (unpaired) electrons. The van der Waals surface area contributed by atoms with Crippen LogP contribution in [-0.4, -0.2) is 6.61 Å². The number of alkyl halides is 2. The fourth-order valence-electron chi connectivity index (χ4n) is 1.63. The maximum atomic E-state index is 13.9. The van der Waals surface area contributed by atoms with Crippen molar-refractivity contribution in [2.24, 2.45) is 0 Å². The van der Waals surface area contributed by atoms with Crippen molar-refractivity contribution in [3.8, 4) is 5.75 Å². The molecule has 1 aromatic carbocycles. The highest BCUT2D eigenvalue weighted by Gasteiger charge is 2.29. The van der Waals surface area contributed by atoms with Gasteiger partial charge in [-0.1, -0.05) is 44.2 Å². The molecule has 0 saturated heterocycles. The zero-order valence-corrected chi connectivity index (χ0v) is 14.6. The van der Waals surface area contributed by atoms with Crippen molar-refractivity contribution in [1.29, 1.82) is 0 Å². The number of hydrogen-bond donors (Lipinski definition) is 0. The van der Waals surface area contributed by atoms with Gasteiger partial charge in [-0.15, -0.1) is 0 Å². The topological polar surface area (TPSA) is 9.23 Å². The number of halogens is 4. The Morgan fingerprint density at radius 3 is 2.48 bits per heavy atom. The van der Waals surface area contributed by atoms with Crippen LogP contribution in [0.25, 0.3) is 0 Å². The second-order valence-corrected chi connectivity index (χ2v) is 5.04. The van der Waals surface area contributed by atoms with Crippen LogP contribution in [0.1, 0.15) is 33.3 Å². The molecule has 0 aliphatic rings. The van der Waals surface area contributed by atoms with Gasteiger partial charge in [0.25, 0.3) is 5.92 Å². The van der Waals surface area contributed by atoms with E-state index in [1.165, 1.54) is 12.1 Å². The van der Waals surface area contributed by atoms with Gasteiger partial charge in [-0.05, 0) is 36.8 Å². The van der Waals surface area contributed by atoms with Crippen LogP contribution in [0.3, 0.4) is 0 Å². The molecule has 0 aliphatic carbocycles. The summed E-state index contributed by atoms with van der Waals surface area (Å²) in [5.41, 5.74) is 0.159. The molecule has 1 nitrogen and oxygen atoms in total. The van der Waals surface area contributed by atoms with E-state index in [0.717, 1.165) is 11.6 Å². The summed E-state index contributed by atoms with van der Waals surface area (Å²) in [6, 6.07) is 3.68. The molecule has 0 N–H and O–H groups in total. The van der Waals surface area contributed by atoms with E-state index < -0.39 is 17.3 Å². The maximum absolute atomic E-state index is 13.9. The van der Waals surface area contributed by atoms with E-state index in [1.54, 1.807) is 18.2 Å². The first-order chi connectivity index (χ1) is 10.7. The SMILES string of the molecule is C=C(Cl)/C=C(C)\C=C/COc1cccc(C(C)(F)F)c1F.CC. The minimum absolute atomic E-state index is 0.0512. The van der Waals surface area contributed by atoms with Crippen LogP contribution in [0.4, 0.5) is 13.2 Å². The lowest BCUT2D eigenvalue weighted by molar-refractivity contribution is 0.0132. The van der Waals surface area contributed by atoms with E-state index in [4.69, 9.17) is 16.3 Å². The van der Waals surface area contributed by atoms with Gasteiger partial charge in [0.1, 0.15) is 6.61 Å². The molecule has 0 heterocycles. The van der Waals surface area contributed by atoms with E-state index in [2.05, 4.69) is 6.58 Å². The van der Waals surface area contributed by atoms with Crippen LogP contribution in [-0.2, 0) is 5.92 Å². The van der Waals surface area contributed by atoms with Crippen LogP contribution in [0.5, 0.6) is 5.75 Å². The highest BCUT2D eigenvalue weighted by Crippen LogP contribution is 2.33. The Morgan fingerprint density at radius 2 is 1.96 bits per heavy atom. The van der Waals surface area contributed by atoms with Crippen molar-refractivity contribution in [2.45, 2.75) is 33.6 Å². The Labute approximate surface area is 141 Å². The number of ether oxygens (including phenoxy) is 1. The molecule has 1 rings (SSSR count). The second kappa shape index (κ2) is 10.2. The molecular formula is C18H22ClF3O. The Kier molecular flexibility index (Phi) is 9.42. The van der Waals surface area contributed by atoms with Crippen molar-refractivity contribution >= 4 is 11.6 Å². The molecule has 0 aromatic heterocycles. The molecule has 0 unspecified atom stereocenters. The minimum atomic E-state index is -3.25. The van der Waals surface area contributed by atoms with Gasteiger partial charge in [-0.3, -0.25) is 0 Å². The van der Waals surface area contributed by atoms with Crippen molar-refractivity contribution in [2.75, 3.05) is 6.61 Å². The Balaban J connectivity index is 0.00000232. The van der Waals surface area contributed by atoms with Crippen molar-refractivity contribution in [3.05, 3.63) is 65.0 Å². The number of hydrogen-bond acceptors (Lipinski definition) is 1. The van der Waals surface area contributed by atoms with Crippen LogP contribution in [0, 0.1) is 5.82 Å². The molecule has 0 bridgehead atoms. The molecule has 0 saturated carbocycles.